The molecule has 0 N–H and O–H groups in total. The van der Waals surface area contributed by atoms with Gasteiger partial charge >= 0.3 is 0 Å². The van der Waals surface area contributed by atoms with Crippen LogP contribution in [0, 0.1) is 79.6 Å². The van der Waals surface area contributed by atoms with Crippen LogP contribution in [0.3, 0.4) is 0 Å². The van der Waals surface area contributed by atoms with Crippen molar-refractivity contribution in [1.82, 2.24) is 0 Å². The lowest BCUT2D eigenvalue weighted by atomic mass is 9.90. The van der Waals surface area contributed by atoms with Crippen molar-refractivity contribution in [2.75, 3.05) is 0 Å². The minimum Gasteiger partial charge on any atom is -0.206 e. The van der Waals surface area contributed by atoms with Crippen LogP contribution in [0.1, 0.15) is 11.1 Å². The fourth-order valence-corrected chi connectivity index (χ4v) is 3.40. The second-order valence-electron chi connectivity index (χ2n) is 6.70. The molecule has 0 amide bonds. The minimum atomic E-state index is -1.19. The maximum atomic E-state index is 16.1. The molecule has 3 rings (SSSR count). The van der Waals surface area contributed by atoms with E-state index in [0.29, 0.717) is 0 Å². The van der Waals surface area contributed by atoms with Gasteiger partial charge in [0.15, 0.2) is 0 Å². The van der Waals surface area contributed by atoms with E-state index in [1.54, 1.807) is 24.3 Å². The molecule has 8 heteroatoms. The summed E-state index contributed by atoms with van der Waals surface area (Å²) in [5, 5.41) is 54.6. The summed E-state index contributed by atoms with van der Waals surface area (Å²) >= 11 is 0. The van der Waals surface area contributed by atoms with Gasteiger partial charge in [0.25, 0.3) is 0 Å². The van der Waals surface area contributed by atoms with E-state index in [0.717, 1.165) is 0 Å². The van der Waals surface area contributed by atoms with Crippen LogP contribution in [0.4, 0.5) is 8.78 Å². The summed E-state index contributed by atoms with van der Waals surface area (Å²) in [5.74, 6) is -2.39. The second kappa shape index (κ2) is 9.56. The van der Waals surface area contributed by atoms with Gasteiger partial charge < -0.3 is 0 Å². The van der Waals surface area contributed by atoms with Crippen LogP contribution in [0.5, 0.6) is 0 Å². The molecule has 0 unspecified atom stereocenters. The second-order valence-corrected chi connectivity index (χ2v) is 6.70. The molecule has 3 aromatic carbocycles. The number of rotatable bonds is 2. The first-order valence-electron chi connectivity index (χ1n) is 9.36. The number of hydrogen-bond acceptors (Lipinski definition) is 6. The van der Waals surface area contributed by atoms with E-state index in [1.165, 1.54) is 48.5 Å². The quantitative estimate of drug-likeness (QED) is 0.595. The van der Waals surface area contributed by atoms with Crippen LogP contribution in [0.2, 0.25) is 0 Å². The van der Waals surface area contributed by atoms with E-state index in [4.69, 9.17) is 10.5 Å². The van der Waals surface area contributed by atoms with E-state index in [1.807, 2.05) is 12.1 Å². The number of hydrogen-bond donors (Lipinski definition) is 0. The maximum Gasteiger partial charge on any atom is 0.141 e. The molecule has 34 heavy (non-hydrogen) atoms. The Morgan fingerprint density at radius 2 is 0.794 bits per heavy atom. The third-order valence-corrected chi connectivity index (χ3v) is 4.93. The monoisotopic (exact) mass is 442 g/mol. The summed E-state index contributed by atoms with van der Waals surface area (Å²) < 4.78 is 32.2. The standard InChI is InChI=1S/C26H8F2N6/c27-25-21(17-5-1-15(9-29)2-6-17)23(19(11-31)12-32)26(28)22(24(25)20(13-33)14-34)18-7-3-16(10-30)4-8-18/h1-8H. The molecule has 0 aliphatic heterocycles. The lowest BCUT2D eigenvalue weighted by Crippen LogP contribution is -2.28. The van der Waals surface area contributed by atoms with Gasteiger partial charge in [-0.25, -0.2) is 8.78 Å². The normalized spacial score (nSPS) is 9.29. The molecule has 0 aliphatic carbocycles. The third-order valence-electron chi connectivity index (χ3n) is 4.93. The van der Waals surface area contributed by atoms with Gasteiger partial charge in [-0.05, 0) is 35.4 Å². The van der Waals surface area contributed by atoms with Crippen molar-refractivity contribution in [2.45, 2.75) is 0 Å². The highest BCUT2D eigenvalue weighted by Gasteiger charge is 2.24. The highest BCUT2D eigenvalue weighted by Crippen LogP contribution is 2.26. The van der Waals surface area contributed by atoms with E-state index in [-0.39, 0.29) is 22.3 Å². The fourth-order valence-electron chi connectivity index (χ4n) is 3.40. The fraction of sp³-hybridized carbons (Fsp3) is 0. The lowest BCUT2D eigenvalue weighted by Gasteiger charge is -2.13. The van der Waals surface area contributed by atoms with E-state index in [2.05, 4.69) is 0 Å². The molecule has 3 aromatic rings. The van der Waals surface area contributed by atoms with Gasteiger partial charge in [-0.15, -0.1) is 0 Å². The summed E-state index contributed by atoms with van der Waals surface area (Å²) in [6.07, 6.45) is 0. The molecule has 0 aromatic heterocycles. The highest BCUT2D eigenvalue weighted by molar-refractivity contribution is 5.86. The van der Waals surface area contributed by atoms with Crippen molar-refractivity contribution in [3.63, 3.8) is 0 Å². The van der Waals surface area contributed by atoms with Crippen LogP contribution in [-0.4, -0.2) is 0 Å². The third kappa shape index (κ3) is 3.80. The Kier molecular flexibility index (Phi) is 6.43. The molecule has 0 saturated heterocycles. The molecule has 0 saturated carbocycles. The number of nitriles is 6. The smallest absolute Gasteiger partial charge is 0.141 e. The van der Waals surface area contributed by atoms with E-state index >= 15 is 8.78 Å². The van der Waals surface area contributed by atoms with E-state index in [9.17, 15) is 21.0 Å². The van der Waals surface area contributed by atoms with Crippen molar-refractivity contribution in [3.05, 3.63) is 81.7 Å². The van der Waals surface area contributed by atoms with Crippen molar-refractivity contribution < 1.29 is 8.78 Å². The van der Waals surface area contributed by atoms with Crippen molar-refractivity contribution in [3.8, 4) is 58.7 Å². The average molecular weight is 442 g/mol. The maximum absolute atomic E-state index is 16.1. The first-order valence-corrected chi connectivity index (χ1v) is 9.36. The summed E-state index contributed by atoms with van der Waals surface area (Å²) in [6, 6.07) is 20.6. The van der Waals surface area contributed by atoms with Crippen LogP contribution >= 0.6 is 0 Å². The molecule has 0 radical (unpaired) electrons. The lowest BCUT2D eigenvalue weighted by molar-refractivity contribution is 0.592. The van der Waals surface area contributed by atoms with Crippen LogP contribution in [-0.2, 0) is 0 Å². The van der Waals surface area contributed by atoms with Gasteiger partial charge in [-0.1, -0.05) is 24.3 Å². The van der Waals surface area contributed by atoms with Gasteiger partial charge in [-0.3, -0.25) is 0 Å². The van der Waals surface area contributed by atoms with Crippen LogP contribution in [0.15, 0.2) is 48.5 Å². The van der Waals surface area contributed by atoms with E-state index < -0.39 is 44.3 Å². The number of halogens is 2. The van der Waals surface area contributed by atoms with Crippen molar-refractivity contribution in [1.29, 1.82) is 31.6 Å². The average Bonchev–Trinajstić information content (AvgIpc) is 2.88. The SMILES string of the molecule is N#CC(C#N)=c1c(F)c(-c2ccc(C#N)cc2)c(=C(C#N)C#N)c(F)c1-c1ccc(C#N)cc1. The Morgan fingerprint density at radius 3 is 1.03 bits per heavy atom. The van der Waals surface area contributed by atoms with Crippen molar-refractivity contribution >= 4 is 11.1 Å². The largest absolute Gasteiger partial charge is 0.206 e. The first-order chi connectivity index (χ1) is 16.4. The topological polar surface area (TPSA) is 143 Å². The molecule has 0 heterocycles. The predicted octanol–water partition coefficient (Wildman–Crippen LogP) is 3.44. The zero-order valence-corrected chi connectivity index (χ0v) is 17.1. The molecular formula is C26H8F2N6. The molecule has 0 fully saturated rings. The van der Waals surface area contributed by atoms with Gasteiger partial charge in [0.2, 0.25) is 0 Å². The van der Waals surface area contributed by atoms with Crippen LogP contribution in [0.25, 0.3) is 33.4 Å². The molecule has 0 atom stereocenters. The first kappa shape index (κ1) is 22.9. The Balaban J connectivity index is 2.72. The molecule has 156 valence electrons. The summed E-state index contributed by atoms with van der Waals surface area (Å²) in [6.45, 7) is 0. The molecule has 0 spiro atoms. The van der Waals surface area contributed by atoms with Gasteiger partial charge in [0, 0.05) is 11.1 Å². The summed E-state index contributed by atoms with van der Waals surface area (Å²) in [4.78, 5) is 0. The summed E-state index contributed by atoms with van der Waals surface area (Å²) in [5.41, 5.74) is -1.96. The molecule has 6 nitrogen and oxygen atoms in total. The van der Waals surface area contributed by atoms with Gasteiger partial charge in [-0.2, -0.15) is 31.6 Å². The Bertz CT molecular complexity index is 1550. The summed E-state index contributed by atoms with van der Waals surface area (Å²) in [7, 11) is 0. The Labute approximate surface area is 192 Å². The molecule has 0 bridgehead atoms. The minimum absolute atomic E-state index is 0.0243. The zero-order valence-electron chi connectivity index (χ0n) is 17.1. The highest BCUT2D eigenvalue weighted by atomic mass is 19.1. The number of benzene rings is 3. The van der Waals surface area contributed by atoms with Gasteiger partial charge in [0.05, 0.1) is 33.7 Å². The van der Waals surface area contributed by atoms with Gasteiger partial charge in [0.1, 0.15) is 47.1 Å². The molecular weight excluding hydrogens is 434 g/mol. The predicted molar refractivity (Wildman–Crippen MR) is 115 cm³/mol. The number of nitrogens with zero attached hydrogens (tertiary/aromatic N) is 6. The van der Waals surface area contributed by atoms with Crippen LogP contribution < -0.4 is 10.4 Å². The molecule has 0 aliphatic rings. The zero-order chi connectivity index (χ0) is 24.8. The Morgan fingerprint density at radius 1 is 0.500 bits per heavy atom. The Hall–Kier alpha value is -5.80. The van der Waals surface area contributed by atoms with Crippen molar-refractivity contribution in [2.24, 2.45) is 0 Å².